The number of nitrogens with zero attached hydrogens (tertiary/aromatic N) is 2. The summed E-state index contributed by atoms with van der Waals surface area (Å²) in [6.45, 7) is 20.8. The van der Waals surface area contributed by atoms with Gasteiger partial charge in [-0.3, -0.25) is 57.5 Å². The number of rotatable bonds is 35. The monoisotopic (exact) mass is 1320 g/mol. The molecular formula is C63H97N13O16S. The highest BCUT2D eigenvalue weighted by atomic mass is 32.1. The van der Waals surface area contributed by atoms with Gasteiger partial charge in [0.15, 0.2) is 5.05 Å². The third-order valence-corrected chi connectivity index (χ3v) is 14.2. The maximum atomic E-state index is 14.4. The molecule has 93 heavy (non-hydrogen) atoms. The molecule has 0 aliphatic heterocycles. The van der Waals surface area contributed by atoms with E-state index in [1.807, 2.05) is 0 Å². The second kappa shape index (κ2) is 37.6. The number of alkyl carbamates (subject to hydrolysis) is 1. The number of hydrogen-bond acceptors (Lipinski definition) is 16. The molecule has 29 nitrogen and oxygen atoms in total. The van der Waals surface area contributed by atoms with Crippen molar-refractivity contribution in [2.24, 2.45) is 17.6 Å². The Kier molecular flexibility index (Phi) is 32.5. The van der Waals surface area contributed by atoms with Crippen LogP contribution in [0.1, 0.15) is 121 Å². The van der Waals surface area contributed by atoms with Crippen LogP contribution in [0, 0.1) is 11.8 Å². The van der Waals surface area contributed by atoms with Gasteiger partial charge < -0.3 is 83.3 Å². The first-order valence-corrected chi connectivity index (χ1v) is 30.9. The van der Waals surface area contributed by atoms with E-state index < -0.39 is 179 Å². The zero-order chi connectivity index (χ0) is 70.8. The number of nitrogens with one attached hydrogen (secondary N) is 10. The van der Waals surface area contributed by atoms with E-state index in [2.05, 4.69) is 53.2 Å². The van der Waals surface area contributed by atoms with E-state index in [9.17, 15) is 67.4 Å². The van der Waals surface area contributed by atoms with E-state index in [-0.39, 0.29) is 31.8 Å². The van der Waals surface area contributed by atoms with E-state index in [0.717, 1.165) is 9.80 Å². The molecule has 2 aromatic rings. The first kappa shape index (κ1) is 80.3. The number of carbonyl (C=O) groups excluding carboxylic acids is 13. The molecule has 0 bridgehead atoms. The second-order valence-electron chi connectivity index (χ2n) is 25.4. The van der Waals surface area contributed by atoms with Crippen molar-refractivity contribution in [1.82, 2.24) is 63.0 Å². The number of likely N-dealkylation sites (N-methyl/N-ethyl adjacent to an activating group) is 2. The van der Waals surface area contributed by atoms with E-state index >= 15 is 0 Å². The lowest BCUT2D eigenvalue weighted by Gasteiger charge is -2.31. The van der Waals surface area contributed by atoms with Crippen molar-refractivity contribution in [2.45, 2.75) is 194 Å². The Morgan fingerprint density at radius 2 is 1.01 bits per heavy atom. The number of benzene rings is 2. The Labute approximate surface area is 549 Å². The van der Waals surface area contributed by atoms with Crippen LogP contribution in [0.5, 0.6) is 0 Å². The lowest BCUT2D eigenvalue weighted by atomic mass is 10.00. The largest absolute Gasteiger partial charge is 0.502 e. The molecule has 0 aromatic heterocycles. The van der Waals surface area contributed by atoms with Gasteiger partial charge in [-0.2, -0.15) is 0 Å². The molecule has 0 saturated heterocycles. The van der Waals surface area contributed by atoms with E-state index in [0.29, 0.717) is 11.1 Å². The number of primary amides is 1. The summed E-state index contributed by atoms with van der Waals surface area (Å²) < 4.78 is 10.9. The number of nitrogens with two attached hydrogens (primary N) is 1. The Bertz CT molecular complexity index is 2940. The summed E-state index contributed by atoms with van der Waals surface area (Å²) in [6, 6.07) is 3.99. The predicted octanol–water partition coefficient (Wildman–Crippen LogP) is 0.00270. The molecule has 0 radical (unpaired) electrons. The Balaban J connectivity index is 2.29. The molecule has 13 amide bonds. The van der Waals surface area contributed by atoms with Gasteiger partial charge in [0.1, 0.15) is 66.0 Å². The van der Waals surface area contributed by atoms with Gasteiger partial charge in [0.05, 0.1) is 25.3 Å². The fourth-order valence-electron chi connectivity index (χ4n) is 8.76. The number of hydrogen-bond donors (Lipinski definition) is 12. The zero-order valence-electron chi connectivity index (χ0n) is 56.1. The lowest BCUT2D eigenvalue weighted by Crippen LogP contribution is -2.61. The molecule has 2 rings (SSSR count). The highest BCUT2D eigenvalue weighted by molar-refractivity contribution is 7.80. The summed E-state index contributed by atoms with van der Waals surface area (Å²) in [4.78, 5) is 177. The Morgan fingerprint density at radius 3 is 1.53 bits per heavy atom. The van der Waals surface area contributed by atoms with Crippen LogP contribution >= 0.6 is 12.2 Å². The van der Waals surface area contributed by atoms with Gasteiger partial charge in [-0.25, -0.2) is 4.79 Å². The van der Waals surface area contributed by atoms with Crippen LogP contribution in [0.2, 0.25) is 0 Å². The highest BCUT2D eigenvalue weighted by Crippen LogP contribution is 2.15. The quantitative estimate of drug-likeness (QED) is 0.0404. The van der Waals surface area contributed by atoms with Gasteiger partial charge in [-0.15, -0.1) is 0 Å². The third-order valence-electron chi connectivity index (χ3n) is 14.0. The lowest BCUT2D eigenvalue weighted by molar-refractivity contribution is -0.143. The molecule has 516 valence electrons. The van der Waals surface area contributed by atoms with E-state index in [1.165, 1.54) is 41.8 Å². The topological polar surface area (TPSA) is 413 Å². The smallest absolute Gasteiger partial charge is 0.408 e. The van der Waals surface area contributed by atoms with Crippen molar-refractivity contribution >= 4 is 94.2 Å². The average molecular weight is 1320 g/mol. The van der Waals surface area contributed by atoms with Gasteiger partial charge in [0, 0.05) is 33.4 Å². The van der Waals surface area contributed by atoms with Crippen molar-refractivity contribution < 1.29 is 76.9 Å². The molecular weight excluding hydrogens is 1230 g/mol. The van der Waals surface area contributed by atoms with Crippen LogP contribution in [0.25, 0.3) is 0 Å². The minimum atomic E-state index is -1.62. The van der Waals surface area contributed by atoms with Crippen LogP contribution in [-0.4, -0.2) is 202 Å². The van der Waals surface area contributed by atoms with Crippen LogP contribution in [0.3, 0.4) is 0 Å². The van der Waals surface area contributed by atoms with E-state index in [4.69, 9.17) is 27.4 Å². The predicted molar refractivity (Wildman–Crippen MR) is 348 cm³/mol. The minimum absolute atomic E-state index is 0.00754. The van der Waals surface area contributed by atoms with Crippen molar-refractivity contribution in [3.63, 3.8) is 0 Å². The summed E-state index contributed by atoms with van der Waals surface area (Å²) in [7, 11) is 2.59. The molecule has 13 N–H and O–H groups in total. The fraction of sp³-hybridized carbons (Fsp3) is 0.587. The summed E-state index contributed by atoms with van der Waals surface area (Å²) in [6.07, 6.45) is -1.55. The minimum Gasteiger partial charge on any atom is -0.502 e. The molecule has 0 saturated carbocycles. The summed E-state index contributed by atoms with van der Waals surface area (Å²) >= 11 is 4.93. The number of thiocarbonyl (C=S) groups is 1. The molecule has 0 fully saturated rings. The molecule has 0 aliphatic rings. The maximum absolute atomic E-state index is 14.4. The number of ether oxygens (including phenoxy) is 2. The maximum Gasteiger partial charge on any atom is 0.408 e. The van der Waals surface area contributed by atoms with Crippen LogP contribution < -0.4 is 58.9 Å². The third kappa shape index (κ3) is 29.6. The normalized spacial score (nSPS) is 14.6. The van der Waals surface area contributed by atoms with Gasteiger partial charge in [0.2, 0.25) is 70.9 Å². The first-order valence-electron chi connectivity index (χ1n) is 30.5. The van der Waals surface area contributed by atoms with Crippen molar-refractivity contribution in [3.8, 4) is 0 Å². The van der Waals surface area contributed by atoms with Crippen molar-refractivity contribution in [3.05, 3.63) is 71.8 Å². The van der Waals surface area contributed by atoms with Gasteiger partial charge in [-0.05, 0) is 111 Å². The molecule has 0 spiro atoms. The van der Waals surface area contributed by atoms with Crippen molar-refractivity contribution in [1.29, 1.82) is 0 Å². The summed E-state index contributed by atoms with van der Waals surface area (Å²) in [5.74, 6) is -10.6. The number of aliphatic hydroxyl groups excluding tert-OH is 1. The Hall–Kier alpha value is -8.80. The standard InChI is InChI=1S/C63H97N13O16S/c1-34(2)27-42(70-48(78)32-66-57(86)46(29-41-25-21-18-22-26-41)76(16)59(88)38(7)68-51(80)37(6)69-61(90)92-63(12,13)14)55(84)67-36(5)52(81)74-50(35(3)4)58(87)71-43(28-40-23-19-17-20-24-40)56(85)72-44(30-49(79)93)60(89)75(15)39(8)53(82)73-45(33-91-62(9,10)11)54(83)65-31-47(64)77/h17-26,34-39,42-46,50H,27-33H2,1-16H3,(H2,64,77)(H,65,83)(H,66,86)(H,67,84)(H,68,80)(H,69,90)(H,70,78)(H,71,87)(H,72,85)(H,73,82)(H,74,81)(H,79,93)/t36-,37-,38-,39-,42-,43-,44-,45-,46-,50-/m0/s1. The average Bonchev–Trinajstić information content (AvgIpc) is 0.969. The van der Waals surface area contributed by atoms with Gasteiger partial charge in [-0.1, -0.05) is 88.4 Å². The zero-order valence-corrected chi connectivity index (χ0v) is 56.9. The van der Waals surface area contributed by atoms with E-state index in [1.54, 1.807) is 130 Å². The summed E-state index contributed by atoms with van der Waals surface area (Å²) in [5, 5.41) is 34.9. The molecule has 0 aliphatic carbocycles. The van der Waals surface area contributed by atoms with Crippen LogP contribution in [0.4, 0.5) is 4.79 Å². The number of amides is 13. The van der Waals surface area contributed by atoms with Crippen molar-refractivity contribution in [2.75, 3.05) is 33.8 Å². The molecule has 0 unspecified atom stereocenters. The first-order chi connectivity index (χ1) is 43.1. The number of carbonyl (C=O) groups is 13. The van der Waals surface area contributed by atoms with Crippen LogP contribution in [-0.2, 0) is 79.8 Å². The fourth-order valence-corrected chi connectivity index (χ4v) is 8.93. The molecule has 2 aromatic carbocycles. The van der Waals surface area contributed by atoms with Gasteiger partial charge >= 0.3 is 6.09 Å². The number of aliphatic hydroxyl groups is 1. The SMILES string of the molecule is CC(C)C[C@H](NC(=O)CNC(=O)[C@H](Cc1ccccc1)N(C)C(=O)[C@H](C)NC(=O)[C@H](C)NC(=O)OC(C)(C)C)C(=O)N[C@@H](C)C(=O)N[C@H](C(=O)N[C@@H](Cc1ccccc1)C(=O)N[C@@H](CC(O)=S)C(=O)N(C)[C@@H](C)C(=O)N[C@@H](COC(C)(C)C)C(=O)NCC(N)=O)C(C)C. The summed E-state index contributed by atoms with van der Waals surface area (Å²) in [5.41, 5.74) is 4.82. The second-order valence-corrected chi connectivity index (χ2v) is 25.9. The molecule has 0 heterocycles. The molecule has 30 heteroatoms. The highest BCUT2D eigenvalue weighted by Gasteiger charge is 2.38. The molecule has 10 atom stereocenters. The van der Waals surface area contributed by atoms with Gasteiger partial charge in [0.25, 0.3) is 0 Å². The van der Waals surface area contributed by atoms with Crippen LogP contribution in [0.15, 0.2) is 60.7 Å². The Morgan fingerprint density at radius 1 is 0.516 bits per heavy atom.